The van der Waals surface area contributed by atoms with Gasteiger partial charge in [-0.3, -0.25) is 9.69 Å². The molecule has 0 aliphatic carbocycles. The highest BCUT2D eigenvalue weighted by Crippen LogP contribution is 2.43. The van der Waals surface area contributed by atoms with Crippen LogP contribution >= 0.6 is 11.3 Å². The van der Waals surface area contributed by atoms with Crippen molar-refractivity contribution in [2.45, 2.75) is 45.7 Å². The monoisotopic (exact) mass is 549 g/mol. The topological polar surface area (TPSA) is 44.4 Å². The lowest BCUT2D eigenvalue weighted by atomic mass is 9.95. The fourth-order valence-electron chi connectivity index (χ4n) is 5.63. The number of Topliss-reactive ketones (excluding diaryl/α,β-unsaturated/α-hetero) is 1. The van der Waals surface area contributed by atoms with E-state index < -0.39 is 0 Å². The largest absolute Gasteiger partial charge is 0.383 e. The van der Waals surface area contributed by atoms with Gasteiger partial charge in [-0.15, -0.1) is 11.3 Å². The van der Waals surface area contributed by atoms with Crippen LogP contribution in [0.2, 0.25) is 0 Å². The van der Waals surface area contributed by atoms with Crippen LogP contribution in [-0.4, -0.2) is 30.8 Å². The average molecular weight is 550 g/mol. The summed E-state index contributed by atoms with van der Waals surface area (Å²) >= 11 is 1.73. The highest BCUT2D eigenvalue weighted by atomic mass is 32.1. The van der Waals surface area contributed by atoms with Crippen molar-refractivity contribution in [1.29, 1.82) is 0 Å². The van der Waals surface area contributed by atoms with Gasteiger partial charge in [-0.05, 0) is 59.6 Å². The number of aryl methyl sites for hydroxylation is 1. The fourth-order valence-corrected chi connectivity index (χ4v) is 7.02. The maximum atomic E-state index is 12.6. The minimum Gasteiger partial charge on any atom is -0.383 e. The lowest BCUT2D eigenvalue weighted by Crippen LogP contribution is -2.39. The van der Waals surface area contributed by atoms with Crippen LogP contribution in [0.5, 0.6) is 0 Å². The predicted molar refractivity (Wildman–Crippen MR) is 169 cm³/mol. The molecule has 4 nitrogen and oxygen atoms in total. The van der Waals surface area contributed by atoms with Crippen LogP contribution in [0, 0.1) is 0 Å². The summed E-state index contributed by atoms with van der Waals surface area (Å²) in [4.78, 5) is 16.4. The van der Waals surface area contributed by atoms with Crippen LogP contribution < -0.4 is 10.6 Å². The predicted octanol–water partition coefficient (Wildman–Crippen LogP) is 7.51. The maximum absolute atomic E-state index is 12.6. The number of nitrogens with zero attached hydrogens (tertiary/aromatic N) is 1. The van der Waals surface area contributed by atoms with E-state index in [1.54, 1.807) is 18.3 Å². The molecule has 0 spiro atoms. The Bertz CT molecular complexity index is 1460. The zero-order valence-electron chi connectivity index (χ0n) is 23.8. The SMILES string of the molecule is C=C(NCC1c2sc(NC)c(C(C)=O)c2CCN1Cc1ccc(CC)cc1)c1ccc(Cc2ccccc2)cc1. The number of carbonyl (C=O) groups is 1. The Labute approximate surface area is 242 Å². The van der Waals surface area contributed by atoms with Gasteiger partial charge in [0.2, 0.25) is 0 Å². The molecule has 1 unspecified atom stereocenters. The zero-order valence-corrected chi connectivity index (χ0v) is 24.6. The average Bonchev–Trinajstić information content (AvgIpc) is 3.37. The Balaban J connectivity index is 1.35. The molecule has 0 bridgehead atoms. The number of anilines is 1. The summed E-state index contributed by atoms with van der Waals surface area (Å²) in [7, 11) is 1.91. The number of fused-ring (bicyclic) bond motifs is 1. The van der Waals surface area contributed by atoms with E-state index in [2.05, 4.69) is 108 Å². The van der Waals surface area contributed by atoms with E-state index in [9.17, 15) is 4.79 Å². The van der Waals surface area contributed by atoms with E-state index >= 15 is 0 Å². The molecule has 1 aliphatic heterocycles. The van der Waals surface area contributed by atoms with Crippen LogP contribution in [-0.2, 0) is 25.8 Å². The summed E-state index contributed by atoms with van der Waals surface area (Å²) in [6, 6.07) is 28.4. The number of nitrogens with one attached hydrogen (secondary N) is 2. The Morgan fingerprint density at radius 3 is 2.25 bits per heavy atom. The number of carbonyl (C=O) groups excluding carboxylic acids is 1. The zero-order chi connectivity index (χ0) is 28.1. The summed E-state index contributed by atoms with van der Waals surface area (Å²) in [6.45, 7) is 10.8. The number of hydrogen-bond acceptors (Lipinski definition) is 5. The minimum absolute atomic E-state index is 0.136. The molecule has 4 aromatic rings. The molecule has 0 saturated heterocycles. The van der Waals surface area contributed by atoms with E-state index in [1.165, 1.54) is 32.7 Å². The van der Waals surface area contributed by atoms with E-state index in [1.807, 2.05) is 7.05 Å². The Morgan fingerprint density at radius 1 is 0.950 bits per heavy atom. The maximum Gasteiger partial charge on any atom is 0.163 e. The standard InChI is InChI=1S/C35H39N3OS/c1-5-26-11-13-29(14-12-26)23-38-20-19-31-33(25(3)39)35(36-4)40-34(31)32(38)22-37-24(2)30-17-15-28(16-18-30)21-27-9-7-6-8-10-27/h6-18,32,36-37H,2,5,19-23H2,1,3-4H3. The Morgan fingerprint density at radius 2 is 1.60 bits per heavy atom. The third-order valence-corrected chi connectivity index (χ3v) is 9.24. The number of rotatable bonds is 11. The molecule has 2 heterocycles. The van der Waals surface area contributed by atoms with Gasteiger partial charge in [0, 0.05) is 37.3 Å². The molecule has 0 saturated carbocycles. The van der Waals surface area contributed by atoms with Crippen molar-refractivity contribution in [3.05, 3.63) is 129 Å². The second kappa shape index (κ2) is 12.7. The van der Waals surface area contributed by atoms with Crippen LogP contribution in [0.15, 0.2) is 85.4 Å². The van der Waals surface area contributed by atoms with Gasteiger partial charge in [-0.2, -0.15) is 0 Å². The van der Waals surface area contributed by atoms with Crippen LogP contribution in [0.3, 0.4) is 0 Å². The first-order valence-corrected chi connectivity index (χ1v) is 15.0. The van der Waals surface area contributed by atoms with Gasteiger partial charge in [-0.25, -0.2) is 0 Å². The van der Waals surface area contributed by atoms with E-state index in [0.29, 0.717) is 0 Å². The molecule has 1 aliphatic rings. The summed E-state index contributed by atoms with van der Waals surface area (Å²) < 4.78 is 0. The van der Waals surface area contributed by atoms with Crippen molar-refractivity contribution >= 4 is 27.8 Å². The normalized spacial score (nSPS) is 14.9. The first-order valence-electron chi connectivity index (χ1n) is 14.2. The van der Waals surface area contributed by atoms with Gasteiger partial charge in [0.05, 0.1) is 16.6 Å². The van der Waals surface area contributed by atoms with Gasteiger partial charge in [0.1, 0.15) is 0 Å². The molecule has 1 aromatic heterocycles. The van der Waals surface area contributed by atoms with E-state index in [-0.39, 0.29) is 11.8 Å². The molecule has 0 radical (unpaired) electrons. The first-order chi connectivity index (χ1) is 19.5. The minimum atomic E-state index is 0.136. The van der Waals surface area contributed by atoms with Gasteiger partial charge >= 0.3 is 0 Å². The van der Waals surface area contributed by atoms with E-state index in [4.69, 9.17) is 0 Å². The van der Waals surface area contributed by atoms with Crippen molar-refractivity contribution in [3.63, 3.8) is 0 Å². The molecular formula is C35H39N3OS. The fraction of sp³-hybridized carbons (Fsp3) is 0.286. The quantitative estimate of drug-likeness (QED) is 0.190. The van der Waals surface area contributed by atoms with Crippen LogP contribution in [0.4, 0.5) is 5.00 Å². The van der Waals surface area contributed by atoms with Gasteiger partial charge in [0.25, 0.3) is 0 Å². The molecule has 206 valence electrons. The molecule has 5 rings (SSSR count). The molecule has 1 atom stereocenters. The second-order valence-corrected chi connectivity index (χ2v) is 11.6. The van der Waals surface area contributed by atoms with Gasteiger partial charge in [-0.1, -0.05) is 92.4 Å². The highest BCUT2D eigenvalue weighted by Gasteiger charge is 2.33. The van der Waals surface area contributed by atoms with Crippen molar-refractivity contribution in [2.75, 3.05) is 25.5 Å². The molecular weight excluding hydrogens is 510 g/mol. The molecule has 0 fully saturated rings. The summed E-state index contributed by atoms with van der Waals surface area (Å²) in [5.41, 5.74) is 9.37. The third kappa shape index (κ3) is 6.22. The summed E-state index contributed by atoms with van der Waals surface area (Å²) in [6.07, 6.45) is 2.85. The van der Waals surface area contributed by atoms with Crippen molar-refractivity contribution in [3.8, 4) is 0 Å². The Kier molecular flexibility index (Phi) is 8.83. The third-order valence-electron chi connectivity index (χ3n) is 7.89. The molecule has 0 amide bonds. The summed E-state index contributed by atoms with van der Waals surface area (Å²) in [5, 5.41) is 7.92. The smallest absolute Gasteiger partial charge is 0.163 e. The van der Waals surface area contributed by atoms with Crippen molar-refractivity contribution in [1.82, 2.24) is 10.2 Å². The van der Waals surface area contributed by atoms with Gasteiger partial charge < -0.3 is 10.6 Å². The lowest BCUT2D eigenvalue weighted by Gasteiger charge is -2.36. The summed E-state index contributed by atoms with van der Waals surface area (Å²) in [5.74, 6) is 0.136. The Hall–Kier alpha value is -3.67. The highest BCUT2D eigenvalue weighted by molar-refractivity contribution is 7.16. The van der Waals surface area contributed by atoms with Gasteiger partial charge in [0.15, 0.2) is 5.78 Å². The number of benzene rings is 3. The molecule has 2 N–H and O–H groups in total. The number of ketones is 1. The van der Waals surface area contributed by atoms with Crippen LogP contribution in [0.25, 0.3) is 5.70 Å². The van der Waals surface area contributed by atoms with E-state index in [0.717, 1.165) is 60.7 Å². The molecule has 40 heavy (non-hydrogen) atoms. The second-order valence-electron chi connectivity index (χ2n) is 10.6. The number of hydrogen-bond donors (Lipinski definition) is 2. The number of thiophene rings is 1. The lowest BCUT2D eigenvalue weighted by molar-refractivity contribution is 0.101. The molecule has 3 aromatic carbocycles. The van der Waals surface area contributed by atoms with Crippen molar-refractivity contribution < 1.29 is 4.79 Å². The first kappa shape index (κ1) is 27.9. The molecule has 5 heteroatoms. The van der Waals surface area contributed by atoms with Crippen molar-refractivity contribution in [2.24, 2.45) is 0 Å². The van der Waals surface area contributed by atoms with Crippen LogP contribution in [0.1, 0.15) is 68.5 Å².